The summed E-state index contributed by atoms with van der Waals surface area (Å²) in [7, 11) is -4.57. The van der Waals surface area contributed by atoms with Gasteiger partial charge in [0.2, 0.25) is 5.91 Å². The SMILES string of the molecule is CC(C)(C)NC(=O)NCCNCCNCCNC(=O)[C@H](CS(=O)(=O)O)NC(=O)OCC1c2ccccc2-c2ccccc21. The summed E-state index contributed by atoms with van der Waals surface area (Å²) in [4.78, 5) is 37.0. The number of amides is 4. The van der Waals surface area contributed by atoms with Gasteiger partial charge in [-0.25, -0.2) is 9.59 Å². The Morgan fingerprint density at radius 3 is 1.88 bits per heavy atom. The van der Waals surface area contributed by atoms with Gasteiger partial charge in [0.05, 0.1) is 0 Å². The number of hydrogen-bond acceptors (Lipinski definition) is 8. The van der Waals surface area contributed by atoms with Crippen molar-refractivity contribution >= 4 is 28.1 Å². The molecule has 43 heavy (non-hydrogen) atoms. The fourth-order valence-electron chi connectivity index (χ4n) is 4.65. The summed E-state index contributed by atoms with van der Waals surface area (Å²) in [6.45, 7) is 8.45. The number of benzene rings is 2. The molecule has 14 heteroatoms. The molecule has 0 aromatic heterocycles. The average molecular weight is 619 g/mol. The minimum absolute atomic E-state index is 0.0157. The van der Waals surface area contributed by atoms with Gasteiger partial charge in [-0.3, -0.25) is 9.35 Å². The van der Waals surface area contributed by atoms with E-state index in [0.29, 0.717) is 32.7 Å². The topological polar surface area (TPSA) is 187 Å². The summed E-state index contributed by atoms with van der Waals surface area (Å²) in [6, 6.07) is 13.8. The van der Waals surface area contributed by atoms with Crippen molar-refractivity contribution in [1.29, 1.82) is 0 Å². The molecule has 2 aromatic rings. The predicted molar refractivity (Wildman–Crippen MR) is 163 cm³/mol. The third-order valence-electron chi connectivity index (χ3n) is 6.48. The Balaban J connectivity index is 1.37. The summed E-state index contributed by atoms with van der Waals surface area (Å²) in [5.41, 5.74) is 3.81. The molecule has 0 radical (unpaired) electrons. The molecular weight excluding hydrogens is 576 g/mol. The molecule has 2 aromatic carbocycles. The number of carbonyl (C=O) groups is 3. The number of carbonyl (C=O) groups excluding carboxylic acids is 3. The van der Waals surface area contributed by atoms with Crippen molar-refractivity contribution in [3.8, 4) is 11.1 Å². The Morgan fingerprint density at radius 2 is 1.35 bits per heavy atom. The second kappa shape index (κ2) is 15.7. The number of rotatable bonds is 15. The van der Waals surface area contributed by atoms with E-state index in [2.05, 4.69) is 31.9 Å². The van der Waals surface area contributed by atoms with Crippen LogP contribution in [0.15, 0.2) is 48.5 Å². The zero-order valence-corrected chi connectivity index (χ0v) is 25.6. The summed E-state index contributed by atoms with van der Waals surface area (Å²) in [5.74, 6) is -1.98. The van der Waals surface area contributed by atoms with Crippen LogP contribution in [0, 0.1) is 0 Å². The summed E-state index contributed by atoms with van der Waals surface area (Å²) in [5, 5.41) is 16.7. The number of fused-ring (bicyclic) bond motifs is 3. The zero-order chi connectivity index (χ0) is 31.5. The van der Waals surface area contributed by atoms with Crippen LogP contribution < -0.4 is 31.9 Å². The van der Waals surface area contributed by atoms with E-state index in [1.54, 1.807) is 0 Å². The summed E-state index contributed by atoms with van der Waals surface area (Å²) >= 11 is 0. The van der Waals surface area contributed by atoms with Crippen LogP contribution in [0.1, 0.15) is 37.8 Å². The highest BCUT2D eigenvalue weighted by Gasteiger charge is 2.31. The molecule has 0 spiro atoms. The molecular formula is C29H42N6O7S. The van der Waals surface area contributed by atoms with Crippen LogP contribution in [0.25, 0.3) is 11.1 Å². The Kier molecular flexibility index (Phi) is 12.3. The van der Waals surface area contributed by atoms with Crippen molar-refractivity contribution in [2.75, 3.05) is 51.6 Å². The monoisotopic (exact) mass is 618 g/mol. The lowest BCUT2D eigenvalue weighted by Crippen LogP contribution is -2.51. The van der Waals surface area contributed by atoms with E-state index in [4.69, 9.17) is 4.74 Å². The van der Waals surface area contributed by atoms with Crippen LogP contribution in [0.5, 0.6) is 0 Å². The molecule has 1 aliphatic carbocycles. The molecule has 0 aliphatic heterocycles. The Labute approximate surface area is 252 Å². The second-order valence-corrected chi connectivity index (χ2v) is 12.7. The maximum absolute atomic E-state index is 12.7. The largest absolute Gasteiger partial charge is 0.449 e. The molecule has 0 saturated carbocycles. The third kappa shape index (κ3) is 11.5. The Bertz CT molecular complexity index is 1320. The van der Waals surface area contributed by atoms with Crippen LogP contribution in [0.4, 0.5) is 9.59 Å². The first-order valence-electron chi connectivity index (χ1n) is 14.2. The fraction of sp³-hybridized carbons (Fsp3) is 0.483. The molecule has 236 valence electrons. The predicted octanol–water partition coefficient (Wildman–Crippen LogP) is 1.17. The van der Waals surface area contributed by atoms with E-state index in [1.807, 2.05) is 69.3 Å². The molecule has 1 aliphatic rings. The quantitative estimate of drug-likeness (QED) is 0.114. The molecule has 0 unspecified atom stereocenters. The van der Waals surface area contributed by atoms with Gasteiger partial charge in [0, 0.05) is 50.7 Å². The number of alkyl carbamates (subject to hydrolysis) is 1. The number of nitrogens with one attached hydrogen (secondary N) is 6. The van der Waals surface area contributed by atoms with Crippen molar-refractivity contribution in [2.24, 2.45) is 0 Å². The first-order valence-corrected chi connectivity index (χ1v) is 15.8. The van der Waals surface area contributed by atoms with Gasteiger partial charge < -0.3 is 36.6 Å². The normalized spacial score (nSPS) is 13.4. The summed E-state index contributed by atoms with van der Waals surface area (Å²) < 4.78 is 37.8. The average Bonchev–Trinajstić information content (AvgIpc) is 3.24. The molecule has 7 N–H and O–H groups in total. The van der Waals surface area contributed by atoms with Crippen LogP contribution in [0.3, 0.4) is 0 Å². The Hall–Kier alpha value is -3.72. The van der Waals surface area contributed by atoms with Gasteiger partial charge in [0.15, 0.2) is 0 Å². The van der Waals surface area contributed by atoms with Crippen molar-refractivity contribution in [3.05, 3.63) is 59.7 Å². The number of ether oxygens (including phenoxy) is 1. The van der Waals surface area contributed by atoms with E-state index in [-0.39, 0.29) is 30.6 Å². The maximum atomic E-state index is 12.7. The van der Waals surface area contributed by atoms with Gasteiger partial charge in [0.25, 0.3) is 10.1 Å². The highest BCUT2D eigenvalue weighted by Crippen LogP contribution is 2.44. The third-order valence-corrected chi connectivity index (χ3v) is 7.24. The van der Waals surface area contributed by atoms with Gasteiger partial charge >= 0.3 is 12.1 Å². The van der Waals surface area contributed by atoms with Gasteiger partial charge in [-0.15, -0.1) is 0 Å². The fourth-order valence-corrected chi connectivity index (χ4v) is 5.31. The Morgan fingerprint density at radius 1 is 0.837 bits per heavy atom. The zero-order valence-electron chi connectivity index (χ0n) is 24.7. The first-order chi connectivity index (χ1) is 20.3. The molecule has 3 rings (SSSR count). The van der Waals surface area contributed by atoms with Gasteiger partial charge in [-0.05, 0) is 43.0 Å². The molecule has 0 fully saturated rings. The molecule has 4 amide bonds. The van der Waals surface area contributed by atoms with E-state index in [9.17, 15) is 27.4 Å². The van der Waals surface area contributed by atoms with Crippen molar-refractivity contribution in [1.82, 2.24) is 31.9 Å². The minimum atomic E-state index is -4.57. The van der Waals surface area contributed by atoms with E-state index < -0.39 is 33.9 Å². The van der Waals surface area contributed by atoms with Crippen molar-refractivity contribution in [3.63, 3.8) is 0 Å². The number of hydrogen-bond donors (Lipinski definition) is 7. The van der Waals surface area contributed by atoms with E-state index in [1.165, 1.54) is 0 Å². The summed E-state index contributed by atoms with van der Waals surface area (Å²) in [6.07, 6.45) is -0.972. The van der Waals surface area contributed by atoms with Crippen molar-refractivity contribution < 1.29 is 32.1 Å². The molecule has 0 bridgehead atoms. The molecule has 1 atom stereocenters. The van der Waals surface area contributed by atoms with Crippen LogP contribution in [-0.2, 0) is 19.6 Å². The lowest BCUT2D eigenvalue weighted by molar-refractivity contribution is -0.122. The smallest absolute Gasteiger partial charge is 0.407 e. The lowest BCUT2D eigenvalue weighted by atomic mass is 9.98. The van der Waals surface area contributed by atoms with Gasteiger partial charge in [-0.2, -0.15) is 8.42 Å². The van der Waals surface area contributed by atoms with Gasteiger partial charge in [0.1, 0.15) is 18.4 Å². The molecule has 13 nitrogen and oxygen atoms in total. The highest BCUT2D eigenvalue weighted by molar-refractivity contribution is 7.85. The lowest BCUT2D eigenvalue weighted by Gasteiger charge is -2.20. The first kappa shape index (κ1) is 33.8. The standard InChI is InChI=1S/C29H42N6O7S/c1-29(2,3)35-27(37)33-17-15-31-13-12-30-14-16-32-26(36)25(19-43(39,40)41)34-28(38)42-18-24-22-10-6-4-8-20(22)21-9-5-7-11-23(21)24/h4-11,24-25,30-31H,12-19H2,1-3H3,(H,32,36)(H,34,38)(H2,33,35,37)(H,39,40,41)/t25-/m0/s1. The highest BCUT2D eigenvalue weighted by atomic mass is 32.2. The molecule has 0 heterocycles. The van der Waals surface area contributed by atoms with Crippen molar-refractivity contribution in [2.45, 2.75) is 38.3 Å². The maximum Gasteiger partial charge on any atom is 0.407 e. The number of urea groups is 1. The van der Waals surface area contributed by atoms with Crippen LogP contribution in [-0.4, -0.2) is 94.2 Å². The van der Waals surface area contributed by atoms with E-state index >= 15 is 0 Å². The second-order valence-electron chi connectivity index (χ2n) is 11.2. The van der Waals surface area contributed by atoms with Crippen LogP contribution in [0.2, 0.25) is 0 Å². The van der Waals surface area contributed by atoms with E-state index in [0.717, 1.165) is 22.3 Å². The molecule has 0 saturated heterocycles. The minimum Gasteiger partial charge on any atom is -0.449 e. The van der Waals surface area contributed by atoms with Crippen LogP contribution >= 0.6 is 0 Å². The van der Waals surface area contributed by atoms with Gasteiger partial charge in [-0.1, -0.05) is 48.5 Å².